The van der Waals surface area contributed by atoms with Gasteiger partial charge in [0.2, 0.25) is 0 Å². The lowest BCUT2D eigenvalue weighted by Crippen LogP contribution is -2.41. The lowest BCUT2D eigenvalue weighted by atomic mass is 9.83. The molecule has 0 saturated carbocycles. The first kappa shape index (κ1) is 40.6. The highest BCUT2D eigenvalue weighted by molar-refractivity contribution is 5.64. The Morgan fingerprint density at radius 3 is 1.48 bits per heavy atom. The molecule has 0 aliphatic carbocycles. The van der Waals surface area contributed by atoms with Crippen LogP contribution < -0.4 is 17.2 Å². The molecule has 1 heterocycles. The third-order valence-electron chi connectivity index (χ3n) is 11.2. The van der Waals surface area contributed by atoms with Crippen molar-refractivity contribution in [2.75, 3.05) is 0 Å². The first-order chi connectivity index (χ1) is 28.2. The molecule has 7 rings (SSSR count). The van der Waals surface area contributed by atoms with Gasteiger partial charge in [0.25, 0.3) is 0 Å². The van der Waals surface area contributed by atoms with Crippen LogP contribution >= 0.6 is 0 Å². The minimum absolute atomic E-state index is 0.440. The molecule has 7 N–H and O–H groups in total. The predicted molar refractivity (Wildman–Crippen MR) is 231 cm³/mol. The van der Waals surface area contributed by atoms with Crippen LogP contribution in [0, 0.1) is 5.92 Å². The number of nitrogens with zero attached hydrogens (tertiary/aromatic N) is 1. The van der Waals surface area contributed by atoms with Crippen LogP contribution in [0.15, 0.2) is 188 Å². The minimum Gasteiger partial charge on any atom is -0.364 e. The van der Waals surface area contributed by atoms with Crippen molar-refractivity contribution in [3.8, 4) is 11.1 Å². The van der Waals surface area contributed by atoms with Gasteiger partial charge in [-0.25, -0.2) is 0 Å². The molecule has 10 atom stereocenters. The van der Waals surface area contributed by atoms with E-state index in [1.165, 1.54) is 0 Å². The molecule has 1 saturated heterocycles. The van der Waals surface area contributed by atoms with Crippen molar-refractivity contribution in [3.05, 3.63) is 216 Å². The molecule has 8 nitrogen and oxygen atoms in total. The zero-order valence-corrected chi connectivity index (χ0v) is 32.7. The lowest BCUT2D eigenvalue weighted by molar-refractivity contribution is -0.172. The summed E-state index contributed by atoms with van der Waals surface area (Å²) in [4.78, 5) is 4.48. The monoisotopic (exact) mass is 772 g/mol. The second kappa shape index (κ2) is 18.4. The molecule has 0 aromatic heterocycles. The van der Waals surface area contributed by atoms with E-state index < -0.39 is 60.5 Å². The fourth-order valence-corrected chi connectivity index (χ4v) is 7.94. The van der Waals surface area contributed by atoms with Crippen LogP contribution in [0.2, 0.25) is 0 Å². The Labute approximate surface area is 341 Å². The van der Waals surface area contributed by atoms with Crippen LogP contribution in [0.4, 0.5) is 0 Å². The summed E-state index contributed by atoms with van der Waals surface area (Å²) in [7, 11) is 0. The second-order valence-electron chi connectivity index (χ2n) is 14.9. The SMILES string of the molecule is C=C[C@H]([C@@H](OC(O)c1ccccc1)[C@@H](N=C)c1ccccc1)[C@@H](N)c1ccc(-c2ccc([C@H](N)[C@@H]3OC(C)(c4ccccc4)O[C@H]3[C@@H](N)c3ccccc3)cc2)cc1. The summed E-state index contributed by atoms with van der Waals surface area (Å²) in [5.41, 5.74) is 28.1. The Morgan fingerprint density at radius 1 is 0.603 bits per heavy atom. The highest BCUT2D eigenvalue weighted by atomic mass is 16.8. The van der Waals surface area contributed by atoms with Crippen LogP contribution in [0.5, 0.6) is 0 Å². The van der Waals surface area contributed by atoms with Gasteiger partial charge in [-0.15, -0.1) is 6.58 Å². The van der Waals surface area contributed by atoms with Crippen LogP contribution in [0.3, 0.4) is 0 Å². The molecule has 0 bridgehead atoms. The van der Waals surface area contributed by atoms with Crippen molar-refractivity contribution in [2.45, 2.75) is 61.5 Å². The van der Waals surface area contributed by atoms with Crippen molar-refractivity contribution in [3.63, 3.8) is 0 Å². The summed E-state index contributed by atoms with van der Waals surface area (Å²) in [5.74, 6) is -1.46. The smallest absolute Gasteiger partial charge is 0.192 e. The van der Waals surface area contributed by atoms with Gasteiger partial charge in [0.05, 0.1) is 18.2 Å². The molecule has 0 spiro atoms. The number of aliphatic hydroxyl groups excluding tert-OH is 1. The van der Waals surface area contributed by atoms with E-state index in [4.69, 9.17) is 31.4 Å². The lowest BCUT2D eigenvalue weighted by Gasteiger charge is -2.35. The number of ether oxygens (including phenoxy) is 3. The maximum absolute atomic E-state index is 11.2. The summed E-state index contributed by atoms with van der Waals surface area (Å²) >= 11 is 0. The summed E-state index contributed by atoms with van der Waals surface area (Å²) in [6.45, 7) is 9.98. The van der Waals surface area contributed by atoms with Gasteiger partial charge >= 0.3 is 0 Å². The second-order valence-corrected chi connectivity index (χ2v) is 14.9. The number of aliphatic hydroxyl groups is 1. The van der Waals surface area contributed by atoms with E-state index in [1.54, 1.807) is 6.08 Å². The van der Waals surface area contributed by atoms with Gasteiger partial charge in [-0.1, -0.05) is 176 Å². The van der Waals surface area contributed by atoms with Gasteiger partial charge in [-0.05, 0) is 47.0 Å². The maximum Gasteiger partial charge on any atom is 0.192 e. The molecule has 1 aliphatic rings. The highest BCUT2D eigenvalue weighted by Crippen LogP contribution is 2.45. The Morgan fingerprint density at radius 2 is 1.02 bits per heavy atom. The first-order valence-electron chi connectivity index (χ1n) is 19.7. The fraction of sp³-hybridized carbons (Fsp3) is 0.220. The standard InChI is InChI=1S/C50H52N4O4/c1-4-41(46(45(54-3)38-19-11-6-12-20-38)56-49(55)39-21-13-7-14-22-39)42(51)36-29-25-33(26-30-36)34-27-31-37(32-28-34)44(53)48-47(43(52)35-17-9-5-10-18-35)57-50(2,58-48)40-23-15-8-16-24-40/h4-32,41-49,55H,1,3,51-53H2,2H3/t41-,42-,43-,44-,45-,46+,47-,48-,49?,50?/m0/s1. The van der Waals surface area contributed by atoms with Crippen LogP contribution in [0.1, 0.15) is 70.8 Å². The number of nitrogens with two attached hydrogens (primary N) is 3. The number of rotatable bonds is 16. The third-order valence-corrected chi connectivity index (χ3v) is 11.2. The van der Waals surface area contributed by atoms with Gasteiger partial charge in [0.15, 0.2) is 12.1 Å². The van der Waals surface area contributed by atoms with E-state index in [0.29, 0.717) is 5.56 Å². The molecular formula is C50H52N4O4. The zero-order valence-electron chi connectivity index (χ0n) is 32.7. The van der Waals surface area contributed by atoms with Gasteiger partial charge < -0.3 is 36.5 Å². The van der Waals surface area contributed by atoms with Crippen molar-refractivity contribution in [1.82, 2.24) is 0 Å². The molecule has 0 radical (unpaired) electrons. The Balaban J connectivity index is 1.10. The van der Waals surface area contributed by atoms with Crippen LogP contribution in [-0.2, 0) is 20.0 Å². The normalized spacial score (nSPS) is 21.5. The van der Waals surface area contributed by atoms with E-state index in [0.717, 1.165) is 38.9 Å². The molecule has 296 valence electrons. The van der Waals surface area contributed by atoms with E-state index in [-0.39, 0.29) is 0 Å². The average Bonchev–Trinajstić information content (AvgIpc) is 3.66. The predicted octanol–water partition coefficient (Wildman–Crippen LogP) is 9.03. The molecule has 2 unspecified atom stereocenters. The quantitative estimate of drug-likeness (QED) is 0.0438. The molecule has 1 fully saturated rings. The summed E-state index contributed by atoms with van der Waals surface area (Å²) in [6, 6.07) is 53.1. The molecule has 0 amide bonds. The number of aliphatic imine (C=N–C) groups is 1. The van der Waals surface area contributed by atoms with Crippen molar-refractivity contribution in [1.29, 1.82) is 0 Å². The average molecular weight is 773 g/mol. The van der Waals surface area contributed by atoms with Crippen molar-refractivity contribution in [2.24, 2.45) is 28.1 Å². The number of hydrogen-bond acceptors (Lipinski definition) is 8. The third kappa shape index (κ3) is 8.79. The molecular weight excluding hydrogens is 721 g/mol. The topological polar surface area (TPSA) is 138 Å². The van der Waals surface area contributed by atoms with E-state index in [2.05, 4.69) is 30.4 Å². The highest BCUT2D eigenvalue weighted by Gasteiger charge is 2.50. The first-order valence-corrected chi connectivity index (χ1v) is 19.7. The maximum atomic E-state index is 11.2. The molecule has 58 heavy (non-hydrogen) atoms. The molecule has 8 heteroatoms. The van der Waals surface area contributed by atoms with Gasteiger partial charge in [0.1, 0.15) is 18.2 Å². The summed E-state index contributed by atoms with van der Waals surface area (Å²) < 4.78 is 19.8. The molecule has 6 aromatic carbocycles. The number of benzene rings is 6. The van der Waals surface area contributed by atoms with Crippen molar-refractivity contribution < 1.29 is 19.3 Å². The van der Waals surface area contributed by atoms with Gasteiger partial charge in [-0.3, -0.25) is 4.99 Å². The Bertz CT molecular complexity index is 2210. The van der Waals surface area contributed by atoms with Gasteiger partial charge in [-0.2, -0.15) is 0 Å². The Kier molecular flexibility index (Phi) is 12.9. The largest absolute Gasteiger partial charge is 0.364 e. The fourth-order valence-electron chi connectivity index (χ4n) is 7.94. The molecule has 1 aliphatic heterocycles. The van der Waals surface area contributed by atoms with E-state index in [9.17, 15) is 5.11 Å². The van der Waals surface area contributed by atoms with E-state index in [1.807, 2.05) is 165 Å². The van der Waals surface area contributed by atoms with Crippen molar-refractivity contribution >= 4 is 6.72 Å². The summed E-state index contributed by atoms with van der Waals surface area (Å²) in [5, 5.41) is 11.2. The van der Waals surface area contributed by atoms with Gasteiger partial charge in [0, 0.05) is 23.1 Å². The van der Waals surface area contributed by atoms with Crippen LogP contribution in [0.25, 0.3) is 11.1 Å². The Hall–Kier alpha value is -5.55. The van der Waals surface area contributed by atoms with Crippen LogP contribution in [-0.4, -0.2) is 30.1 Å². The number of hydrogen-bond donors (Lipinski definition) is 4. The van der Waals surface area contributed by atoms with E-state index >= 15 is 0 Å². The minimum atomic E-state index is -1.21. The molecule has 6 aromatic rings. The zero-order chi connectivity index (χ0) is 40.6. The summed E-state index contributed by atoms with van der Waals surface area (Å²) in [6.07, 6.45) is -1.14.